The van der Waals surface area contributed by atoms with E-state index in [1.54, 1.807) is 18.1 Å². The van der Waals surface area contributed by atoms with E-state index >= 15 is 0 Å². The first-order chi connectivity index (χ1) is 13.1. The zero-order valence-corrected chi connectivity index (χ0v) is 17.0. The average Bonchev–Trinajstić information content (AvgIpc) is 2.97. The van der Waals surface area contributed by atoms with E-state index in [1.807, 2.05) is 39.0 Å². The van der Waals surface area contributed by atoms with Gasteiger partial charge in [-0.2, -0.15) is 0 Å². The number of hydrogen-bond donors (Lipinski definition) is 2. The molecule has 0 bridgehead atoms. The Labute approximate surface area is 165 Å². The van der Waals surface area contributed by atoms with Gasteiger partial charge in [-0.1, -0.05) is 18.2 Å². The van der Waals surface area contributed by atoms with Crippen LogP contribution in [-0.2, 0) is 20.7 Å². The number of fused-ring (bicyclic) bond motifs is 1. The molecule has 2 N–H and O–H groups in total. The molecule has 0 unspecified atom stereocenters. The van der Waals surface area contributed by atoms with Gasteiger partial charge in [-0.05, 0) is 38.8 Å². The fraction of sp³-hybridized carbons (Fsp3) is 0.571. The zero-order chi connectivity index (χ0) is 20.5. The number of carbonyl (C=O) groups excluding carboxylic acids is 3. The van der Waals surface area contributed by atoms with Crippen molar-refractivity contribution >= 4 is 17.7 Å². The maximum atomic E-state index is 13.1. The third kappa shape index (κ3) is 4.04. The molecule has 0 radical (unpaired) electrons. The SMILES string of the molecule is COCCC(=O)N1C[C@@H](C(=O)NC(C)(C)C)[C@@]2(Cc3ccccc3C(=O)N2)C1. The number of carbonyl (C=O) groups is 3. The van der Waals surface area contributed by atoms with Gasteiger partial charge in [0.25, 0.3) is 5.91 Å². The number of nitrogens with zero attached hydrogens (tertiary/aromatic N) is 1. The average molecular weight is 387 g/mol. The molecule has 7 heteroatoms. The predicted octanol–water partition coefficient (Wildman–Crippen LogP) is 1.12. The number of hydrogen-bond acceptors (Lipinski definition) is 4. The van der Waals surface area contributed by atoms with Crippen molar-refractivity contribution in [2.24, 2.45) is 5.92 Å². The fourth-order valence-electron chi connectivity index (χ4n) is 4.12. The molecule has 0 saturated carbocycles. The number of methoxy groups -OCH3 is 1. The first-order valence-corrected chi connectivity index (χ1v) is 9.64. The van der Waals surface area contributed by atoms with Crippen molar-refractivity contribution in [1.82, 2.24) is 15.5 Å². The maximum absolute atomic E-state index is 13.1. The Balaban J connectivity index is 1.92. The molecule has 1 spiro atoms. The molecule has 2 aliphatic heterocycles. The summed E-state index contributed by atoms with van der Waals surface area (Å²) < 4.78 is 5.02. The van der Waals surface area contributed by atoms with Crippen LogP contribution in [0.3, 0.4) is 0 Å². The summed E-state index contributed by atoms with van der Waals surface area (Å²) in [5.74, 6) is -0.924. The van der Waals surface area contributed by atoms with Crippen LogP contribution in [0.25, 0.3) is 0 Å². The zero-order valence-electron chi connectivity index (χ0n) is 17.0. The van der Waals surface area contributed by atoms with E-state index in [-0.39, 0.29) is 30.7 Å². The van der Waals surface area contributed by atoms with Gasteiger partial charge in [-0.15, -0.1) is 0 Å². The third-order valence-electron chi connectivity index (χ3n) is 5.36. The second-order valence-electron chi connectivity index (χ2n) is 8.75. The fourth-order valence-corrected chi connectivity index (χ4v) is 4.12. The topological polar surface area (TPSA) is 87.7 Å². The van der Waals surface area contributed by atoms with Crippen LogP contribution in [0.4, 0.5) is 0 Å². The molecule has 1 saturated heterocycles. The van der Waals surface area contributed by atoms with Gasteiger partial charge in [-0.25, -0.2) is 0 Å². The predicted molar refractivity (Wildman–Crippen MR) is 105 cm³/mol. The van der Waals surface area contributed by atoms with E-state index < -0.39 is 17.0 Å². The van der Waals surface area contributed by atoms with Crippen molar-refractivity contribution in [3.63, 3.8) is 0 Å². The minimum absolute atomic E-state index is 0.0691. The van der Waals surface area contributed by atoms with Gasteiger partial charge in [0.15, 0.2) is 0 Å². The number of benzene rings is 1. The highest BCUT2D eigenvalue weighted by molar-refractivity contribution is 5.98. The van der Waals surface area contributed by atoms with Gasteiger partial charge in [-0.3, -0.25) is 14.4 Å². The van der Waals surface area contributed by atoms with E-state index in [0.29, 0.717) is 25.1 Å². The molecule has 2 atom stereocenters. The van der Waals surface area contributed by atoms with Crippen LogP contribution in [-0.4, -0.2) is 60.5 Å². The van der Waals surface area contributed by atoms with Crippen LogP contribution in [0.1, 0.15) is 43.1 Å². The van der Waals surface area contributed by atoms with Crippen molar-refractivity contribution in [1.29, 1.82) is 0 Å². The van der Waals surface area contributed by atoms with E-state index in [4.69, 9.17) is 4.74 Å². The second-order valence-corrected chi connectivity index (χ2v) is 8.75. The van der Waals surface area contributed by atoms with E-state index in [1.165, 1.54) is 0 Å². The first kappa shape index (κ1) is 20.3. The van der Waals surface area contributed by atoms with Gasteiger partial charge >= 0.3 is 0 Å². The molecule has 28 heavy (non-hydrogen) atoms. The number of likely N-dealkylation sites (tertiary alicyclic amines) is 1. The van der Waals surface area contributed by atoms with Crippen LogP contribution in [0.15, 0.2) is 24.3 Å². The second kappa shape index (κ2) is 7.54. The summed E-state index contributed by atoms with van der Waals surface area (Å²) in [5.41, 5.74) is 0.338. The van der Waals surface area contributed by atoms with E-state index in [9.17, 15) is 14.4 Å². The smallest absolute Gasteiger partial charge is 0.252 e. The van der Waals surface area contributed by atoms with Gasteiger partial charge in [0.1, 0.15) is 0 Å². The number of rotatable bonds is 4. The Bertz CT molecular complexity index is 786. The lowest BCUT2D eigenvalue weighted by atomic mass is 9.76. The monoisotopic (exact) mass is 387 g/mol. The summed E-state index contributed by atoms with van der Waals surface area (Å²) in [5, 5.41) is 6.10. The quantitative estimate of drug-likeness (QED) is 0.811. The molecular weight excluding hydrogens is 358 g/mol. The summed E-state index contributed by atoms with van der Waals surface area (Å²) in [4.78, 5) is 40.2. The lowest BCUT2D eigenvalue weighted by Gasteiger charge is -2.39. The summed E-state index contributed by atoms with van der Waals surface area (Å²) in [6.45, 7) is 6.69. The van der Waals surface area contributed by atoms with Crippen molar-refractivity contribution < 1.29 is 19.1 Å². The highest BCUT2D eigenvalue weighted by atomic mass is 16.5. The Morgan fingerprint density at radius 2 is 2.04 bits per heavy atom. The summed E-state index contributed by atoms with van der Waals surface area (Å²) >= 11 is 0. The lowest BCUT2D eigenvalue weighted by Crippen LogP contribution is -2.62. The molecule has 152 valence electrons. The van der Waals surface area contributed by atoms with Crippen LogP contribution in [0.2, 0.25) is 0 Å². The summed E-state index contributed by atoms with van der Waals surface area (Å²) in [6, 6.07) is 7.43. The highest BCUT2D eigenvalue weighted by Crippen LogP contribution is 2.36. The summed E-state index contributed by atoms with van der Waals surface area (Å²) in [7, 11) is 1.55. The Hall–Kier alpha value is -2.41. The number of nitrogens with one attached hydrogen (secondary N) is 2. The third-order valence-corrected chi connectivity index (χ3v) is 5.36. The standard InChI is InChI=1S/C21H29N3O4/c1-20(2,3)22-19(27)16-12-24(17(25)9-10-28-4)13-21(16)11-14-7-5-6-8-15(14)18(26)23-21/h5-8,16H,9-13H2,1-4H3,(H,22,27)(H,23,26)/t16-,21+/m0/s1. The highest BCUT2D eigenvalue weighted by Gasteiger charge is 2.54. The molecule has 0 aliphatic carbocycles. The van der Waals surface area contributed by atoms with Crippen LogP contribution in [0.5, 0.6) is 0 Å². The summed E-state index contributed by atoms with van der Waals surface area (Å²) in [6.07, 6.45) is 0.774. The molecule has 3 amide bonds. The van der Waals surface area contributed by atoms with Crippen molar-refractivity contribution in [2.75, 3.05) is 26.8 Å². The van der Waals surface area contributed by atoms with Crippen LogP contribution in [0, 0.1) is 5.92 Å². The molecule has 1 fully saturated rings. The van der Waals surface area contributed by atoms with Crippen LogP contribution < -0.4 is 10.6 Å². The van der Waals surface area contributed by atoms with Crippen molar-refractivity contribution in [3.8, 4) is 0 Å². The minimum atomic E-state index is -0.802. The lowest BCUT2D eigenvalue weighted by molar-refractivity contribution is -0.131. The molecule has 2 aliphatic rings. The molecule has 2 heterocycles. The van der Waals surface area contributed by atoms with E-state index in [0.717, 1.165) is 5.56 Å². The minimum Gasteiger partial charge on any atom is -0.384 e. The molecular formula is C21H29N3O4. The Morgan fingerprint density at radius 3 is 2.71 bits per heavy atom. The molecule has 0 aromatic heterocycles. The number of amides is 3. The molecule has 1 aromatic rings. The van der Waals surface area contributed by atoms with Crippen molar-refractivity contribution in [2.45, 2.75) is 44.7 Å². The van der Waals surface area contributed by atoms with Gasteiger partial charge in [0, 0.05) is 31.3 Å². The normalized spacial score (nSPS) is 24.1. The van der Waals surface area contributed by atoms with Gasteiger partial charge < -0.3 is 20.3 Å². The van der Waals surface area contributed by atoms with E-state index in [2.05, 4.69) is 10.6 Å². The number of ether oxygens (including phenoxy) is 1. The molecule has 1 aromatic carbocycles. The van der Waals surface area contributed by atoms with Gasteiger partial charge in [0.05, 0.1) is 24.5 Å². The Kier molecular flexibility index (Phi) is 5.48. The van der Waals surface area contributed by atoms with Crippen molar-refractivity contribution in [3.05, 3.63) is 35.4 Å². The largest absolute Gasteiger partial charge is 0.384 e. The van der Waals surface area contributed by atoms with Gasteiger partial charge in [0.2, 0.25) is 11.8 Å². The Morgan fingerprint density at radius 1 is 1.32 bits per heavy atom. The maximum Gasteiger partial charge on any atom is 0.252 e. The molecule has 3 rings (SSSR count). The van der Waals surface area contributed by atoms with Crippen LogP contribution >= 0.6 is 0 Å². The first-order valence-electron chi connectivity index (χ1n) is 9.64. The molecule has 7 nitrogen and oxygen atoms in total.